The predicted molar refractivity (Wildman–Crippen MR) is 95.5 cm³/mol. The number of hydrogen-bond donors (Lipinski definition) is 1. The van der Waals surface area contributed by atoms with Crippen molar-refractivity contribution in [1.29, 1.82) is 0 Å². The van der Waals surface area contributed by atoms with Crippen LogP contribution < -0.4 is 4.74 Å². The first kappa shape index (κ1) is 15.8. The van der Waals surface area contributed by atoms with Crippen LogP contribution in [0.3, 0.4) is 0 Å². The summed E-state index contributed by atoms with van der Waals surface area (Å²) in [5.74, 6) is 0.861. The van der Waals surface area contributed by atoms with Crippen LogP contribution in [-0.4, -0.2) is 27.2 Å². The van der Waals surface area contributed by atoms with Crippen LogP contribution >= 0.6 is 0 Å². The zero-order valence-electron chi connectivity index (χ0n) is 14.3. The van der Waals surface area contributed by atoms with Crippen LogP contribution in [0.25, 0.3) is 11.3 Å². The summed E-state index contributed by atoms with van der Waals surface area (Å²) in [6.07, 6.45) is 5.41. The van der Waals surface area contributed by atoms with Gasteiger partial charge >= 0.3 is 0 Å². The molecule has 1 aromatic heterocycles. The Kier molecular flexibility index (Phi) is 4.24. The lowest BCUT2D eigenvalue weighted by Crippen LogP contribution is -2.00. The number of benzene rings is 2. The molecular formula is C20H21N3O2. The minimum Gasteiger partial charge on any atom is -0.496 e. The topological polar surface area (TPSA) is 60.2 Å². The molecule has 25 heavy (non-hydrogen) atoms. The number of methoxy groups -OCH3 is 1. The van der Waals surface area contributed by atoms with Crippen molar-refractivity contribution in [3.63, 3.8) is 0 Å². The molecule has 0 radical (unpaired) electrons. The fourth-order valence-corrected chi connectivity index (χ4v) is 3.41. The van der Waals surface area contributed by atoms with Gasteiger partial charge in [0.25, 0.3) is 0 Å². The molecule has 5 nitrogen and oxygen atoms in total. The summed E-state index contributed by atoms with van der Waals surface area (Å²) in [6.45, 7) is 0.706. The minimum absolute atomic E-state index is 0.0614. The SMILES string of the molecule is COc1cc2c(cc1-c1cn(Cc3ccc(CO)cc3)nn1)CCC2. The molecule has 0 spiro atoms. The molecule has 1 N–H and O–H groups in total. The maximum absolute atomic E-state index is 9.12. The van der Waals surface area contributed by atoms with Crippen LogP contribution in [0.4, 0.5) is 0 Å². The second kappa shape index (κ2) is 6.69. The Morgan fingerprint density at radius 2 is 1.80 bits per heavy atom. The number of ether oxygens (including phenoxy) is 1. The van der Waals surface area contributed by atoms with Crippen molar-refractivity contribution in [2.45, 2.75) is 32.4 Å². The highest BCUT2D eigenvalue weighted by molar-refractivity contribution is 5.69. The number of aliphatic hydroxyl groups is 1. The Labute approximate surface area is 146 Å². The van der Waals surface area contributed by atoms with Crippen molar-refractivity contribution < 1.29 is 9.84 Å². The van der Waals surface area contributed by atoms with Gasteiger partial charge in [0.1, 0.15) is 11.4 Å². The van der Waals surface area contributed by atoms with E-state index in [1.165, 1.54) is 17.5 Å². The fraction of sp³-hybridized carbons (Fsp3) is 0.300. The lowest BCUT2D eigenvalue weighted by Gasteiger charge is -2.09. The summed E-state index contributed by atoms with van der Waals surface area (Å²) >= 11 is 0. The Morgan fingerprint density at radius 1 is 1.08 bits per heavy atom. The molecule has 0 aliphatic heterocycles. The molecule has 0 fully saturated rings. The van der Waals surface area contributed by atoms with Crippen LogP contribution in [0.15, 0.2) is 42.6 Å². The summed E-state index contributed by atoms with van der Waals surface area (Å²) < 4.78 is 7.41. The number of aliphatic hydroxyl groups excluding tert-OH is 1. The van der Waals surface area contributed by atoms with Crippen LogP contribution in [0.2, 0.25) is 0 Å². The highest BCUT2D eigenvalue weighted by Crippen LogP contribution is 2.35. The molecule has 0 amide bonds. The van der Waals surface area contributed by atoms with E-state index in [0.717, 1.165) is 41.0 Å². The molecule has 1 aliphatic carbocycles. The maximum Gasteiger partial charge on any atom is 0.128 e. The van der Waals surface area contributed by atoms with E-state index in [-0.39, 0.29) is 6.61 Å². The summed E-state index contributed by atoms with van der Waals surface area (Å²) in [5.41, 5.74) is 6.64. The van der Waals surface area contributed by atoms with Crippen molar-refractivity contribution in [3.8, 4) is 17.0 Å². The van der Waals surface area contributed by atoms with Crippen molar-refractivity contribution in [1.82, 2.24) is 15.0 Å². The van der Waals surface area contributed by atoms with Crippen LogP contribution in [0, 0.1) is 0 Å². The number of rotatable bonds is 5. The van der Waals surface area contributed by atoms with Gasteiger partial charge in [-0.05, 0) is 53.6 Å². The summed E-state index contributed by atoms with van der Waals surface area (Å²) in [5, 5.41) is 17.7. The zero-order chi connectivity index (χ0) is 17.2. The molecule has 5 heteroatoms. The molecule has 1 aliphatic rings. The highest BCUT2D eigenvalue weighted by Gasteiger charge is 2.18. The smallest absolute Gasteiger partial charge is 0.128 e. The van der Waals surface area contributed by atoms with Gasteiger partial charge in [0.05, 0.1) is 26.5 Å². The lowest BCUT2D eigenvalue weighted by atomic mass is 10.0. The Bertz CT molecular complexity index is 884. The molecule has 0 saturated carbocycles. The molecule has 4 rings (SSSR count). The minimum atomic E-state index is 0.0614. The van der Waals surface area contributed by atoms with Crippen molar-refractivity contribution >= 4 is 0 Å². The summed E-state index contributed by atoms with van der Waals surface area (Å²) in [7, 11) is 1.70. The normalized spacial score (nSPS) is 13.0. The maximum atomic E-state index is 9.12. The van der Waals surface area contributed by atoms with Gasteiger partial charge in [-0.1, -0.05) is 29.5 Å². The largest absolute Gasteiger partial charge is 0.496 e. The monoisotopic (exact) mass is 335 g/mol. The van der Waals surface area contributed by atoms with Crippen LogP contribution in [0.1, 0.15) is 28.7 Å². The molecular weight excluding hydrogens is 314 g/mol. The quantitative estimate of drug-likeness (QED) is 0.779. The van der Waals surface area contributed by atoms with E-state index in [0.29, 0.717) is 6.54 Å². The number of nitrogens with zero attached hydrogens (tertiary/aromatic N) is 3. The van der Waals surface area contributed by atoms with Gasteiger partial charge < -0.3 is 9.84 Å². The number of hydrogen-bond acceptors (Lipinski definition) is 4. The van der Waals surface area contributed by atoms with Gasteiger partial charge in [-0.15, -0.1) is 5.10 Å². The van der Waals surface area contributed by atoms with E-state index >= 15 is 0 Å². The lowest BCUT2D eigenvalue weighted by molar-refractivity contribution is 0.282. The molecule has 0 saturated heterocycles. The third kappa shape index (κ3) is 3.15. The Balaban J connectivity index is 1.60. The molecule has 2 aromatic carbocycles. The third-order valence-corrected chi connectivity index (χ3v) is 4.78. The van der Waals surface area contributed by atoms with Crippen molar-refractivity contribution in [3.05, 3.63) is 64.8 Å². The standard InChI is InChI=1S/C20H21N3O2/c1-25-20-10-17-4-2-3-16(17)9-18(20)19-12-23(22-21-19)11-14-5-7-15(13-24)8-6-14/h5-10,12,24H,2-4,11,13H2,1H3. The van der Waals surface area contributed by atoms with Gasteiger partial charge in [-0.25, -0.2) is 4.68 Å². The number of aromatic nitrogens is 3. The molecule has 0 bridgehead atoms. The molecule has 128 valence electrons. The summed E-state index contributed by atoms with van der Waals surface area (Å²) in [4.78, 5) is 0. The summed E-state index contributed by atoms with van der Waals surface area (Å²) in [6, 6.07) is 12.2. The predicted octanol–water partition coefficient (Wildman–Crippen LogP) is 2.98. The zero-order valence-corrected chi connectivity index (χ0v) is 14.3. The molecule has 0 unspecified atom stereocenters. The highest BCUT2D eigenvalue weighted by atomic mass is 16.5. The second-order valence-electron chi connectivity index (χ2n) is 6.45. The third-order valence-electron chi connectivity index (χ3n) is 4.78. The second-order valence-corrected chi connectivity index (χ2v) is 6.45. The van der Waals surface area contributed by atoms with E-state index < -0.39 is 0 Å². The average Bonchev–Trinajstić information content (AvgIpc) is 3.29. The van der Waals surface area contributed by atoms with Crippen molar-refractivity contribution in [2.75, 3.05) is 7.11 Å². The first-order chi connectivity index (χ1) is 12.3. The number of aryl methyl sites for hydroxylation is 2. The Morgan fingerprint density at radius 3 is 2.52 bits per heavy atom. The van der Waals surface area contributed by atoms with Crippen LogP contribution in [-0.2, 0) is 26.0 Å². The molecule has 3 aromatic rings. The van der Waals surface area contributed by atoms with Gasteiger partial charge in [0.15, 0.2) is 0 Å². The number of fused-ring (bicyclic) bond motifs is 1. The van der Waals surface area contributed by atoms with Crippen LogP contribution in [0.5, 0.6) is 5.75 Å². The van der Waals surface area contributed by atoms with Gasteiger partial charge in [-0.3, -0.25) is 0 Å². The van der Waals surface area contributed by atoms with E-state index in [9.17, 15) is 0 Å². The van der Waals surface area contributed by atoms with E-state index in [1.807, 2.05) is 35.1 Å². The first-order valence-corrected chi connectivity index (χ1v) is 8.56. The molecule has 0 atom stereocenters. The molecule has 1 heterocycles. The fourth-order valence-electron chi connectivity index (χ4n) is 3.41. The van der Waals surface area contributed by atoms with E-state index in [1.54, 1.807) is 7.11 Å². The van der Waals surface area contributed by atoms with Gasteiger partial charge in [0.2, 0.25) is 0 Å². The van der Waals surface area contributed by atoms with Gasteiger partial charge in [0, 0.05) is 5.56 Å². The van der Waals surface area contributed by atoms with E-state index in [2.05, 4.69) is 22.4 Å². The average molecular weight is 335 g/mol. The first-order valence-electron chi connectivity index (χ1n) is 8.56. The van der Waals surface area contributed by atoms with E-state index in [4.69, 9.17) is 9.84 Å². The van der Waals surface area contributed by atoms with Gasteiger partial charge in [-0.2, -0.15) is 0 Å². The van der Waals surface area contributed by atoms with Crippen molar-refractivity contribution in [2.24, 2.45) is 0 Å². The Hall–Kier alpha value is -2.66.